The summed E-state index contributed by atoms with van der Waals surface area (Å²) in [6, 6.07) is 8.63. The highest BCUT2D eigenvalue weighted by molar-refractivity contribution is 7.10. The second-order valence-corrected chi connectivity index (χ2v) is 9.70. The standard InChI is InChI=1S/C26H34N2O4S/c1-6-27(7-2)12-13-28-23(21-9-8-14-33-21)22(25(30)26(28)31)24(29)20-11-10-19(15-18(20)5)32-16-17(3)4/h8-11,14-15,17,23,29H,6-7,12-13,16H2,1-5H3/t23-/m1/s1. The summed E-state index contributed by atoms with van der Waals surface area (Å²) in [6.45, 7) is 13.6. The Labute approximate surface area is 200 Å². The molecule has 1 N–H and O–H groups in total. The summed E-state index contributed by atoms with van der Waals surface area (Å²) in [5.74, 6) is -0.213. The topological polar surface area (TPSA) is 70.1 Å². The van der Waals surface area contributed by atoms with Crippen molar-refractivity contribution in [3.8, 4) is 5.75 Å². The molecule has 1 atom stereocenters. The van der Waals surface area contributed by atoms with Gasteiger partial charge in [-0.05, 0) is 61.1 Å². The van der Waals surface area contributed by atoms with Crippen LogP contribution in [0, 0.1) is 12.8 Å². The number of likely N-dealkylation sites (tertiary alicyclic amines) is 1. The molecule has 1 fully saturated rings. The fourth-order valence-corrected chi connectivity index (χ4v) is 4.89. The monoisotopic (exact) mass is 470 g/mol. The average molecular weight is 471 g/mol. The molecule has 0 saturated carbocycles. The molecule has 0 spiro atoms. The molecule has 6 nitrogen and oxygen atoms in total. The molecule has 3 rings (SSSR count). The van der Waals surface area contributed by atoms with Gasteiger partial charge in [0.2, 0.25) is 0 Å². The summed E-state index contributed by atoms with van der Waals surface area (Å²) in [4.78, 5) is 30.8. The number of aryl methyl sites for hydroxylation is 1. The van der Waals surface area contributed by atoms with Crippen LogP contribution in [-0.2, 0) is 9.59 Å². The summed E-state index contributed by atoms with van der Waals surface area (Å²) in [7, 11) is 0. The smallest absolute Gasteiger partial charge is 0.295 e. The van der Waals surface area contributed by atoms with Crippen molar-refractivity contribution >= 4 is 28.8 Å². The highest BCUT2D eigenvalue weighted by atomic mass is 32.1. The quantitative estimate of drug-likeness (QED) is 0.305. The van der Waals surface area contributed by atoms with Crippen LogP contribution in [0.15, 0.2) is 41.3 Å². The highest BCUT2D eigenvalue weighted by Crippen LogP contribution is 2.41. The van der Waals surface area contributed by atoms with Crippen molar-refractivity contribution in [2.24, 2.45) is 5.92 Å². The van der Waals surface area contributed by atoms with E-state index in [4.69, 9.17) is 4.74 Å². The third-order valence-corrected chi connectivity index (χ3v) is 6.87. The lowest BCUT2D eigenvalue weighted by Gasteiger charge is -2.27. The van der Waals surface area contributed by atoms with Gasteiger partial charge in [0.05, 0.1) is 18.2 Å². The number of likely N-dealkylation sites (N-methyl/N-ethyl adjacent to an activating group) is 1. The maximum absolute atomic E-state index is 13.1. The number of hydrogen-bond donors (Lipinski definition) is 1. The number of aliphatic hydroxyl groups is 1. The Balaban J connectivity index is 2.00. The van der Waals surface area contributed by atoms with Gasteiger partial charge in [-0.3, -0.25) is 9.59 Å². The Kier molecular flexibility index (Phi) is 8.32. The first-order chi connectivity index (χ1) is 15.8. The Bertz CT molecular complexity index is 1010. The van der Waals surface area contributed by atoms with Crippen LogP contribution in [-0.4, -0.2) is 59.4 Å². The van der Waals surface area contributed by atoms with Gasteiger partial charge < -0.3 is 19.6 Å². The number of thiophene rings is 1. The molecule has 1 aliphatic rings. The van der Waals surface area contributed by atoms with Gasteiger partial charge in [-0.1, -0.05) is 33.8 Å². The predicted octanol–water partition coefficient (Wildman–Crippen LogP) is 4.85. The zero-order valence-corrected chi connectivity index (χ0v) is 20.9. The molecule has 0 radical (unpaired) electrons. The Morgan fingerprint density at radius 1 is 1.21 bits per heavy atom. The molecule has 0 bridgehead atoms. The van der Waals surface area contributed by atoms with Crippen LogP contribution in [0.1, 0.15) is 49.7 Å². The van der Waals surface area contributed by atoms with Crippen LogP contribution in [0.4, 0.5) is 0 Å². The van der Waals surface area contributed by atoms with E-state index in [1.165, 1.54) is 11.3 Å². The molecular weight excluding hydrogens is 436 g/mol. The molecule has 1 aliphatic heterocycles. The third kappa shape index (κ3) is 5.47. The van der Waals surface area contributed by atoms with E-state index in [1.54, 1.807) is 17.0 Å². The second kappa shape index (κ2) is 11.0. The van der Waals surface area contributed by atoms with Gasteiger partial charge in [0, 0.05) is 23.5 Å². The maximum atomic E-state index is 13.1. The molecule has 1 aromatic carbocycles. The van der Waals surface area contributed by atoms with Crippen molar-refractivity contribution in [3.63, 3.8) is 0 Å². The van der Waals surface area contributed by atoms with E-state index in [-0.39, 0.29) is 11.3 Å². The van der Waals surface area contributed by atoms with Crippen molar-refractivity contribution < 1.29 is 19.4 Å². The van der Waals surface area contributed by atoms with E-state index in [0.29, 0.717) is 36.9 Å². The van der Waals surface area contributed by atoms with Gasteiger partial charge in [0.1, 0.15) is 11.5 Å². The molecule has 1 saturated heterocycles. The van der Waals surface area contributed by atoms with Crippen LogP contribution in [0.3, 0.4) is 0 Å². The number of rotatable bonds is 10. The summed E-state index contributed by atoms with van der Waals surface area (Å²) >= 11 is 1.48. The van der Waals surface area contributed by atoms with E-state index < -0.39 is 17.7 Å². The van der Waals surface area contributed by atoms with E-state index >= 15 is 0 Å². The maximum Gasteiger partial charge on any atom is 0.295 e. The molecule has 1 amide bonds. The van der Waals surface area contributed by atoms with Crippen LogP contribution >= 0.6 is 11.3 Å². The normalized spacial score (nSPS) is 18.0. The third-order valence-electron chi connectivity index (χ3n) is 5.94. The van der Waals surface area contributed by atoms with Crippen molar-refractivity contribution in [2.45, 2.75) is 40.7 Å². The number of amides is 1. The van der Waals surface area contributed by atoms with Crippen molar-refractivity contribution in [3.05, 3.63) is 57.3 Å². The lowest BCUT2D eigenvalue weighted by atomic mass is 9.97. The Morgan fingerprint density at radius 3 is 2.52 bits per heavy atom. The summed E-state index contributed by atoms with van der Waals surface area (Å²) < 4.78 is 5.79. The molecule has 33 heavy (non-hydrogen) atoms. The molecule has 0 unspecified atom stereocenters. The minimum atomic E-state index is -0.634. The number of benzene rings is 1. The molecule has 1 aromatic heterocycles. The van der Waals surface area contributed by atoms with E-state index in [1.807, 2.05) is 30.5 Å². The van der Waals surface area contributed by atoms with Crippen LogP contribution < -0.4 is 4.74 Å². The SMILES string of the molecule is CCN(CC)CCN1C(=O)C(=O)C(=C(O)c2ccc(OCC(C)C)cc2C)[C@H]1c1cccs1. The minimum absolute atomic E-state index is 0.134. The van der Waals surface area contributed by atoms with Gasteiger partial charge in [-0.2, -0.15) is 0 Å². The van der Waals surface area contributed by atoms with Crippen molar-refractivity contribution in [1.82, 2.24) is 9.80 Å². The Morgan fingerprint density at radius 2 is 1.94 bits per heavy atom. The molecule has 178 valence electrons. The number of nitrogens with zero attached hydrogens (tertiary/aromatic N) is 2. The number of aliphatic hydroxyl groups excluding tert-OH is 1. The fraction of sp³-hybridized carbons (Fsp3) is 0.462. The van der Waals surface area contributed by atoms with Gasteiger partial charge >= 0.3 is 0 Å². The van der Waals surface area contributed by atoms with Gasteiger partial charge in [-0.15, -0.1) is 11.3 Å². The lowest BCUT2D eigenvalue weighted by molar-refractivity contribution is -0.140. The fourth-order valence-electron chi connectivity index (χ4n) is 4.04. The largest absolute Gasteiger partial charge is 0.507 e. The predicted molar refractivity (Wildman–Crippen MR) is 133 cm³/mol. The molecule has 2 heterocycles. The zero-order chi connectivity index (χ0) is 24.1. The first-order valence-electron chi connectivity index (χ1n) is 11.6. The second-order valence-electron chi connectivity index (χ2n) is 8.72. The van der Waals surface area contributed by atoms with E-state index in [0.717, 1.165) is 23.5 Å². The highest BCUT2D eigenvalue weighted by Gasteiger charge is 2.46. The first kappa shape index (κ1) is 25.0. The minimum Gasteiger partial charge on any atom is -0.507 e. The number of ether oxygens (including phenoxy) is 1. The number of Topliss-reactive ketones (excluding diaryl/α,β-unsaturated/α-hetero) is 1. The van der Waals surface area contributed by atoms with Gasteiger partial charge in [0.15, 0.2) is 0 Å². The van der Waals surface area contributed by atoms with Crippen LogP contribution in [0.25, 0.3) is 5.76 Å². The van der Waals surface area contributed by atoms with Gasteiger partial charge in [0.25, 0.3) is 11.7 Å². The number of hydrogen-bond acceptors (Lipinski definition) is 6. The number of carbonyl (C=O) groups excluding carboxylic acids is 2. The molecule has 0 aliphatic carbocycles. The number of ketones is 1. The van der Waals surface area contributed by atoms with Crippen molar-refractivity contribution in [2.75, 3.05) is 32.8 Å². The lowest BCUT2D eigenvalue weighted by Crippen LogP contribution is -2.37. The molecule has 2 aromatic rings. The van der Waals surface area contributed by atoms with E-state index in [2.05, 4.69) is 32.6 Å². The Hall–Kier alpha value is -2.64. The zero-order valence-electron chi connectivity index (χ0n) is 20.1. The average Bonchev–Trinajstić information content (AvgIpc) is 3.40. The summed E-state index contributed by atoms with van der Waals surface area (Å²) in [6.07, 6.45) is 0. The van der Waals surface area contributed by atoms with Crippen LogP contribution in [0.2, 0.25) is 0 Å². The van der Waals surface area contributed by atoms with Gasteiger partial charge in [-0.25, -0.2) is 0 Å². The van der Waals surface area contributed by atoms with E-state index in [9.17, 15) is 14.7 Å². The van der Waals surface area contributed by atoms with Crippen molar-refractivity contribution in [1.29, 1.82) is 0 Å². The number of carbonyl (C=O) groups is 2. The van der Waals surface area contributed by atoms with Crippen LogP contribution in [0.5, 0.6) is 5.75 Å². The first-order valence-corrected chi connectivity index (χ1v) is 12.4. The molecular formula is C26H34N2O4S. The summed E-state index contributed by atoms with van der Waals surface area (Å²) in [5, 5.41) is 13.2. The summed E-state index contributed by atoms with van der Waals surface area (Å²) in [5.41, 5.74) is 1.48. The molecule has 7 heteroatoms.